The van der Waals surface area contributed by atoms with Crippen molar-refractivity contribution in [3.8, 4) is 5.75 Å². The molecule has 0 unspecified atom stereocenters. The first kappa shape index (κ1) is 20.6. The van der Waals surface area contributed by atoms with Crippen molar-refractivity contribution in [2.45, 2.75) is 39.2 Å². The predicted molar refractivity (Wildman–Crippen MR) is 107 cm³/mol. The van der Waals surface area contributed by atoms with E-state index in [2.05, 4.69) is 5.32 Å². The molecule has 1 aromatic heterocycles. The summed E-state index contributed by atoms with van der Waals surface area (Å²) in [6.45, 7) is 4.31. The van der Waals surface area contributed by atoms with E-state index in [-0.39, 0.29) is 42.0 Å². The fraction of sp³-hybridized carbons (Fsp3) is 0.381. The van der Waals surface area contributed by atoms with E-state index >= 15 is 0 Å². The zero-order valence-corrected chi connectivity index (χ0v) is 17.0. The summed E-state index contributed by atoms with van der Waals surface area (Å²) in [7, 11) is 2.84. The van der Waals surface area contributed by atoms with Gasteiger partial charge in [0.05, 0.1) is 13.7 Å². The van der Waals surface area contributed by atoms with Crippen molar-refractivity contribution in [3.63, 3.8) is 0 Å². The third-order valence-corrected chi connectivity index (χ3v) is 4.91. The largest absolute Gasteiger partial charge is 0.491 e. The molecule has 0 saturated carbocycles. The minimum atomic E-state index is -0.614. The topological polar surface area (TPSA) is 89.9 Å². The Morgan fingerprint density at radius 2 is 1.90 bits per heavy atom. The Balaban J connectivity index is 1.99. The number of ether oxygens (including phenoxy) is 2. The molecule has 0 spiro atoms. The fourth-order valence-electron chi connectivity index (χ4n) is 3.49. The van der Waals surface area contributed by atoms with E-state index in [1.807, 2.05) is 44.2 Å². The van der Waals surface area contributed by atoms with Gasteiger partial charge in [-0.05, 0) is 19.4 Å². The van der Waals surface area contributed by atoms with Crippen LogP contribution in [0.1, 0.15) is 40.3 Å². The Hall–Kier alpha value is -3.13. The molecular formula is C21H25N3O5. The first-order valence-electron chi connectivity index (χ1n) is 9.38. The molecule has 8 heteroatoms. The van der Waals surface area contributed by atoms with Crippen LogP contribution in [-0.4, -0.2) is 47.8 Å². The van der Waals surface area contributed by atoms with Gasteiger partial charge < -0.3 is 24.3 Å². The molecule has 8 nitrogen and oxygen atoms in total. The molecule has 0 saturated heterocycles. The zero-order chi connectivity index (χ0) is 21.1. The number of rotatable bonds is 6. The number of nitrogens with zero attached hydrogens (tertiary/aromatic N) is 2. The summed E-state index contributed by atoms with van der Waals surface area (Å²) < 4.78 is 12.3. The van der Waals surface area contributed by atoms with Gasteiger partial charge in [-0.15, -0.1) is 0 Å². The molecule has 1 aliphatic heterocycles. The normalized spacial score (nSPS) is 16.0. The van der Waals surface area contributed by atoms with Crippen molar-refractivity contribution < 1.29 is 19.1 Å². The number of pyridine rings is 1. The van der Waals surface area contributed by atoms with Crippen LogP contribution in [0, 0.1) is 0 Å². The van der Waals surface area contributed by atoms with Crippen molar-refractivity contribution in [2.24, 2.45) is 0 Å². The van der Waals surface area contributed by atoms with Crippen LogP contribution < -0.4 is 15.5 Å². The lowest BCUT2D eigenvalue weighted by molar-refractivity contribution is -0.0513. The van der Waals surface area contributed by atoms with Gasteiger partial charge in [0.2, 0.25) is 5.43 Å². The van der Waals surface area contributed by atoms with Gasteiger partial charge in [0.25, 0.3) is 11.8 Å². The standard InChI is InChI=1S/C21H25N3O5/c1-13(2)24-16(28-3)12-23-11-15(18(25)19(29-4)17(23)21(24)27)20(26)22-10-14-8-6-5-7-9-14/h5-9,11,13,16H,10,12H2,1-4H3,(H,22,26)/t16-/m0/s1. The van der Waals surface area contributed by atoms with Crippen LogP contribution in [0.2, 0.25) is 0 Å². The monoisotopic (exact) mass is 399 g/mol. The van der Waals surface area contributed by atoms with Crippen molar-refractivity contribution >= 4 is 11.8 Å². The highest BCUT2D eigenvalue weighted by atomic mass is 16.5. The molecule has 1 aliphatic rings. The molecule has 1 N–H and O–H groups in total. The molecule has 3 rings (SSSR count). The Bertz CT molecular complexity index is 968. The fourth-order valence-corrected chi connectivity index (χ4v) is 3.49. The van der Waals surface area contributed by atoms with Crippen molar-refractivity contribution in [2.75, 3.05) is 14.2 Å². The number of carbonyl (C=O) groups is 2. The summed E-state index contributed by atoms with van der Waals surface area (Å²) in [5, 5.41) is 2.74. The third kappa shape index (κ3) is 3.88. The molecule has 2 amide bonds. The SMILES string of the molecule is COc1c2n(cc(C(=O)NCc3ccccc3)c1=O)C[C@H](OC)N(C(C)C)C2=O. The molecule has 1 atom stereocenters. The number of nitrogens with one attached hydrogen (secondary N) is 1. The van der Waals surface area contributed by atoms with E-state index in [0.717, 1.165) is 5.56 Å². The number of benzene rings is 1. The van der Waals surface area contributed by atoms with Crippen molar-refractivity contribution in [1.82, 2.24) is 14.8 Å². The maximum atomic E-state index is 13.1. The molecule has 0 fully saturated rings. The number of carbonyl (C=O) groups excluding carboxylic acids is 2. The van der Waals surface area contributed by atoms with Crippen LogP contribution in [0.4, 0.5) is 0 Å². The Labute approximate surface area is 169 Å². The van der Waals surface area contributed by atoms with Crippen molar-refractivity contribution in [3.05, 3.63) is 63.6 Å². The van der Waals surface area contributed by atoms with Gasteiger partial charge in [-0.2, -0.15) is 0 Å². The average molecular weight is 399 g/mol. The maximum Gasteiger partial charge on any atom is 0.276 e. The van der Waals surface area contributed by atoms with Crippen LogP contribution in [-0.2, 0) is 17.8 Å². The Morgan fingerprint density at radius 3 is 2.48 bits per heavy atom. The van der Waals surface area contributed by atoms with E-state index in [9.17, 15) is 14.4 Å². The van der Waals surface area contributed by atoms with E-state index in [0.29, 0.717) is 0 Å². The third-order valence-electron chi connectivity index (χ3n) is 4.91. The molecule has 154 valence electrons. The van der Waals surface area contributed by atoms with Gasteiger partial charge in [-0.1, -0.05) is 30.3 Å². The predicted octanol–water partition coefficient (Wildman–Crippen LogP) is 1.62. The summed E-state index contributed by atoms with van der Waals surface area (Å²) in [5.41, 5.74) is 0.339. The molecule has 0 aliphatic carbocycles. The van der Waals surface area contributed by atoms with Crippen LogP contribution >= 0.6 is 0 Å². The first-order valence-corrected chi connectivity index (χ1v) is 9.38. The Kier molecular flexibility index (Phi) is 6.03. The van der Waals surface area contributed by atoms with Crippen LogP contribution in [0.25, 0.3) is 0 Å². The molecule has 1 aromatic carbocycles. The first-order chi connectivity index (χ1) is 13.9. The lowest BCUT2D eigenvalue weighted by Gasteiger charge is -2.39. The molecule has 2 heterocycles. The lowest BCUT2D eigenvalue weighted by atomic mass is 10.1. The summed E-state index contributed by atoms with van der Waals surface area (Å²) in [4.78, 5) is 40.2. The van der Waals surface area contributed by atoms with E-state index in [1.54, 1.807) is 9.47 Å². The van der Waals surface area contributed by atoms with Gasteiger partial charge in [-0.3, -0.25) is 14.4 Å². The van der Waals surface area contributed by atoms with Crippen LogP contribution in [0.5, 0.6) is 5.75 Å². The van der Waals surface area contributed by atoms with Gasteiger partial charge in [0.1, 0.15) is 5.56 Å². The number of hydrogen-bond donors (Lipinski definition) is 1. The lowest BCUT2D eigenvalue weighted by Crippen LogP contribution is -2.53. The zero-order valence-electron chi connectivity index (χ0n) is 17.0. The van der Waals surface area contributed by atoms with Crippen molar-refractivity contribution in [1.29, 1.82) is 0 Å². The number of amides is 2. The minimum absolute atomic E-state index is 0.0813. The molecule has 29 heavy (non-hydrogen) atoms. The Morgan fingerprint density at radius 1 is 1.21 bits per heavy atom. The summed E-state index contributed by atoms with van der Waals surface area (Å²) in [6.07, 6.45) is 0.893. The van der Waals surface area contributed by atoms with Gasteiger partial charge in [0, 0.05) is 25.9 Å². The van der Waals surface area contributed by atoms with Gasteiger partial charge in [-0.25, -0.2) is 0 Å². The summed E-state index contributed by atoms with van der Waals surface area (Å²) in [5.74, 6) is -1.04. The smallest absolute Gasteiger partial charge is 0.276 e. The van der Waals surface area contributed by atoms with Crippen LogP contribution in [0.15, 0.2) is 41.3 Å². The second-order valence-electron chi connectivity index (χ2n) is 7.07. The molecule has 2 aromatic rings. The number of aromatic nitrogens is 1. The van der Waals surface area contributed by atoms with E-state index in [1.165, 1.54) is 20.4 Å². The van der Waals surface area contributed by atoms with E-state index < -0.39 is 17.6 Å². The quantitative estimate of drug-likeness (QED) is 0.797. The highest BCUT2D eigenvalue weighted by Crippen LogP contribution is 2.26. The molecular weight excluding hydrogens is 374 g/mol. The van der Waals surface area contributed by atoms with Crippen LogP contribution in [0.3, 0.4) is 0 Å². The van der Waals surface area contributed by atoms with E-state index in [4.69, 9.17) is 9.47 Å². The summed E-state index contributed by atoms with van der Waals surface area (Å²) in [6, 6.07) is 9.25. The highest BCUT2D eigenvalue weighted by Gasteiger charge is 2.38. The number of methoxy groups -OCH3 is 2. The minimum Gasteiger partial charge on any atom is -0.491 e. The molecule has 0 radical (unpaired) electrons. The second-order valence-corrected chi connectivity index (χ2v) is 7.07. The maximum absolute atomic E-state index is 13.1. The average Bonchev–Trinajstić information content (AvgIpc) is 2.72. The number of fused-ring (bicyclic) bond motifs is 1. The number of hydrogen-bond acceptors (Lipinski definition) is 5. The van der Waals surface area contributed by atoms with Gasteiger partial charge in [0.15, 0.2) is 17.7 Å². The molecule has 0 bridgehead atoms. The summed E-state index contributed by atoms with van der Waals surface area (Å²) >= 11 is 0. The van der Waals surface area contributed by atoms with Gasteiger partial charge >= 0.3 is 0 Å². The second kappa shape index (κ2) is 8.48. The highest BCUT2D eigenvalue weighted by molar-refractivity contribution is 5.99.